The molecule has 0 spiro atoms. The summed E-state index contributed by atoms with van der Waals surface area (Å²) in [7, 11) is 0. The zero-order valence-electron chi connectivity index (χ0n) is 17.2. The summed E-state index contributed by atoms with van der Waals surface area (Å²) in [5.41, 5.74) is 3.54. The molecule has 0 saturated heterocycles. The highest BCUT2D eigenvalue weighted by Gasteiger charge is 2.14. The van der Waals surface area contributed by atoms with Crippen molar-refractivity contribution >= 4 is 35.0 Å². The molecule has 5 rings (SSSR count). The van der Waals surface area contributed by atoms with Gasteiger partial charge in [-0.05, 0) is 43.2 Å². The van der Waals surface area contributed by atoms with Gasteiger partial charge in [0.15, 0.2) is 5.16 Å². The van der Waals surface area contributed by atoms with E-state index in [0.717, 1.165) is 41.4 Å². The van der Waals surface area contributed by atoms with Gasteiger partial charge < -0.3 is 9.88 Å². The minimum Gasteiger partial charge on any atom is -0.334 e. The first-order valence-corrected chi connectivity index (χ1v) is 11.8. The number of aryl methyl sites for hydroxylation is 2. The number of halogens is 1. The van der Waals surface area contributed by atoms with Crippen molar-refractivity contribution < 1.29 is 4.79 Å². The third-order valence-electron chi connectivity index (χ3n) is 5.29. The van der Waals surface area contributed by atoms with Crippen LogP contribution in [0, 0.1) is 0 Å². The Bertz CT molecular complexity index is 1240. The Hall–Kier alpha value is -3.10. The molecular weight excluding hydrogens is 444 g/mol. The molecule has 7 nitrogen and oxygen atoms in total. The predicted octanol–water partition coefficient (Wildman–Crippen LogP) is 4.85. The minimum absolute atomic E-state index is 0.114. The zero-order valence-corrected chi connectivity index (χ0v) is 18.8. The summed E-state index contributed by atoms with van der Waals surface area (Å²) in [5.74, 6) is 1.24. The highest BCUT2D eigenvalue weighted by atomic mass is 35.5. The summed E-state index contributed by atoms with van der Waals surface area (Å²) < 4.78 is 4.04. The van der Waals surface area contributed by atoms with Gasteiger partial charge in [0, 0.05) is 35.4 Å². The number of rotatable bonds is 6. The fraction of sp³-hybridized carbons (Fsp3) is 0.217. The van der Waals surface area contributed by atoms with Gasteiger partial charge in [0.25, 0.3) is 0 Å². The number of hydrogen-bond donors (Lipinski definition) is 1. The lowest BCUT2D eigenvalue weighted by molar-refractivity contribution is -0.113. The molecule has 0 aliphatic carbocycles. The van der Waals surface area contributed by atoms with Gasteiger partial charge in [-0.15, -0.1) is 10.2 Å². The average molecular weight is 465 g/mol. The topological polar surface area (TPSA) is 77.6 Å². The molecule has 0 unspecified atom stereocenters. The van der Waals surface area contributed by atoms with Crippen LogP contribution in [0.25, 0.3) is 16.9 Å². The highest BCUT2D eigenvalue weighted by Crippen LogP contribution is 2.26. The first-order valence-electron chi connectivity index (χ1n) is 10.4. The van der Waals surface area contributed by atoms with E-state index in [2.05, 4.69) is 26.3 Å². The van der Waals surface area contributed by atoms with Gasteiger partial charge in [0.05, 0.1) is 17.1 Å². The van der Waals surface area contributed by atoms with Crippen molar-refractivity contribution in [2.45, 2.75) is 31.0 Å². The molecule has 0 radical (unpaired) electrons. The molecule has 2 aromatic heterocycles. The lowest BCUT2D eigenvalue weighted by Crippen LogP contribution is -2.14. The zero-order chi connectivity index (χ0) is 21.9. The predicted molar refractivity (Wildman–Crippen MR) is 126 cm³/mol. The highest BCUT2D eigenvalue weighted by molar-refractivity contribution is 7.99. The Labute approximate surface area is 194 Å². The van der Waals surface area contributed by atoms with Crippen LogP contribution in [0.1, 0.15) is 18.7 Å². The molecule has 162 valence electrons. The molecule has 0 fully saturated rings. The molecule has 2 aromatic carbocycles. The van der Waals surface area contributed by atoms with Gasteiger partial charge in [0.1, 0.15) is 12.2 Å². The number of hydrogen-bond acceptors (Lipinski definition) is 5. The lowest BCUT2D eigenvalue weighted by atomic mass is 10.1. The normalized spacial score (nSPS) is 13.0. The number of carbonyl (C=O) groups is 1. The van der Waals surface area contributed by atoms with E-state index in [1.807, 2.05) is 53.1 Å². The SMILES string of the molecule is O=C(CSc1nncn1-c1cccc(Cl)c1)Nc1cccc(-c2cn3c(n2)CCCC3)c1. The molecule has 4 aromatic rings. The monoisotopic (exact) mass is 464 g/mol. The summed E-state index contributed by atoms with van der Waals surface area (Å²) in [6.07, 6.45) is 7.12. The molecule has 1 N–H and O–H groups in total. The third-order valence-corrected chi connectivity index (χ3v) is 6.46. The van der Waals surface area contributed by atoms with E-state index in [0.29, 0.717) is 10.2 Å². The van der Waals surface area contributed by atoms with E-state index in [1.54, 1.807) is 6.33 Å². The summed E-state index contributed by atoms with van der Waals surface area (Å²) in [4.78, 5) is 17.4. The number of carbonyl (C=O) groups excluding carboxylic acids is 1. The summed E-state index contributed by atoms with van der Waals surface area (Å²) >= 11 is 7.41. The van der Waals surface area contributed by atoms with Gasteiger partial charge in [-0.1, -0.05) is 41.6 Å². The fourth-order valence-corrected chi connectivity index (χ4v) is 4.67. The Kier molecular flexibility index (Phi) is 5.96. The van der Waals surface area contributed by atoms with E-state index in [9.17, 15) is 4.79 Å². The van der Waals surface area contributed by atoms with Crippen molar-refractivity contribution in [3.8, 4) is 16.9 Å². The number of thioether (sulfide) groups is 1. The Morgan fingerprint density at radius 1 is 1.16 bits per heavy atom. The van der Waals surface area contributed by atoms with Gasteiger partial charge >= 0.3 is 0 Å². The van der Waals surface area contributed by atoms with Crippen molar-refractivity contribution in [3.63, 3.8) is 0 Å². The van der Waals surface area contributed by atoms with Crippen LogP contribution in [-0.4, -0.2) is 36.0 Å². The Morgan fingerprint density at radius 2 is 2.06 bits per heavy atom. The van der Waals surface area contributed by atoms with Crippen LogP contribution in [0.5, 0.6) is 0 Å². The van der Waals surface area contributed by atoms with Crippen molar-refractivity contribution in [2.75, 3.05) is 11.1 Å². The maximum atomic E-state index is 12.6. The molecule has 9 heteroatoms. The standard InChI is InChI=1S/C23H21ClN6OS/c24-17-6-4-8-19(12-17)30-15-25-28-23(30)32-14-22(31)26-18-7-3-5-16(11-18)20-13-29-10-2-1-9-21(29)27-20/h3-8,11-13,15H,1-2,9-10,14H2,(H,26,31). The molecule has 0 atom stereocenters. The summed E-state index contributed by atoms with van der Waals surface area (Å²) in [5, 5.41) is 12.3. The lowest BCUT2D eigenvalue weighted by Gasteiger charge is -2.11. The van der Waals surface area contributed by atoms with Crippen LogP contribution >= 0.6 is 23.4 Å². The first kappa shape index (κ1) is 20.8. The molecule has 1 amide bonds. The minimum atomic E-state index is -0.114. The molecule has 1 aliphatic heterocycles. The maximum Gasteiger partial charge on any atom is 0.234 e. The molecule has 0 bridgehead atoms. The van der Waals surface area contributed by atoms with Crippen LogP contribution in [0.15, 0.2) is 66.2 Å². The summed E-state index contributed by atoms with van der Waals surface area (Å²) in [6.45, 7) is 1.02. The van der Waals surface area contributed by atoms with Crippen LogP contribution in [0.2, 0.25) is 5.02 Å². The number of benzene rings is 2. The second-order valence-corrected chi connectivity index (χ2v) is 8.95. The number of amides is 1. The fourth-order valence-electron chi connectivity index (χ4n) is 3.76. The van der Waals surface area contributed by atoms with E-state index < -0.39 is 0 Å². The van der Waals surface area contributed by atoms with Crippen molar-refractivity contribution in [2.24, 2.45) is 0 Å². The first-order chi connectivity index (χ1) is 15.7. The average Bonchev–Trinajstić information content (AvgIpc) is 3.45. The molecular formula is C23H21ClN6OS. The molecule has 0 saturated carbocycles. The van der Waals surface area contributed by atoms with E-state index in [-0.39, 0.29) is 11.7 Å². The molecule has 32 heavy (non-hydrogen) atoms. The van der Waals surface area contributed by atoms with Crippen LogP contribution < -0.4 is 5.32 Å². The number of nitrogens with zero attached hydrogens (tertiary/aromatic N) is 5. The second kappa shape index (κ2) is 9.18. The third kappa shape index (κ3) is 4.56. The van der Waals surface area contributed by atoms with Crippen molar-refractivity contribution in [1.82, 2.24) is 24.3 Å². The largest absolute Gasteiger partial charge is 0.334 e. The van der Waals surface area contributed by atoms with E-state index in [4.69, 9.17) is 16.6 Å². The van der Waals surface area contributed by atoms with Crippen LogP contribution in [-0.2, 0) is 17.8 Å². The summed E-state index contributed by atoms with van der Waals surface area (Å²) in [6, 6.07) is 15.2. The van der Waals surface area contributed by atoms with E-state index in [1.165, 1.54) is 24.6 Å². The number of fused-ring (bicyclic) bond motifs is 1. The smallest absolute Gasteiger partial charge is 0.234 e. The van der Waals surface area contributed by atoms with Crippen LogP contribution in [0.4, 0.5) is 5.69 Å². The maximum absolute atomic E-state index is 12.6. The van der Waals surface area contributed by atoms with Crippen molar-refractivity contribution in [1.29, 1.82) is 0 Å². The van der Waals surface area contributed by atoms with Gasteiger partial charge in [-0.25, -0.2) is 4.98 Å². The van der Waals surface area contributed by atoms with Crippen LogP contribution in [0.3, 0.4) is 0 Å². The number of nitrogens with one attached hydrogen (secondary N) is 1. The van der Waals surface area contributed by atoms with Gasteiger partial charge in [0.2, 0.25) is 5.91 Å². The van der Waals surface area contributed by atoms with E-state index >= 15 is 0 Å². The van der Waals surface area contributed by atoms with Crippen molar-refractivity contribution in [3.05, 3.63) is 71.9 Å². The molecule has 3 heterocycles. The quantitative estimate of drug-likeness (QED) is 0.413. The Balaban J connectivity index is 1.24. The van der Waals surface area contributed by atoms with Gasteiger partial charge in [-0.3, -0.25) is 9.36 Å². The number of aromatic nitrogens is 5. The molecule has 1 aliphatic rings. The second-order valence-electron chi connectivity index (χ2n) is 7.57. The number of imidazole rings is 1. The number of anilines is 1. The Morgan fingerprint density at radius 3 is 2.94 bits per heavy atom. The van der Waals surface area contributed by atoms with Gasteiger partial charge in [-0.2, -0.15) is 0 Å².